The van der Waals surface area contributed by atoms with Crippen LogP contribution in [0.3, 0.4) is 0 Å². The normalized spacial score (nSPS) is 10.9. The van der Waals surface area contributed by atoms with Crippen LogP contribution < -0.4 is 4.74 Å². The molecule has 0 amide bonds. The van der Waals surface area contributed by atoms with Gasteiger partial charge in [0.05, 0.1) is 5.88 Å². The molecule has 0 atom stereocenters. The van der Waals surface area contributed by atoms with E-state index in [0.29, 0.717) is 17.9 Å². The first-order valence-electron chi connectivity index (χ1n) is 6.20. The van der Waals surface area contributed by atoms with Crippen molar-refractivity contribution >= 4 is 33.0 Å². The lowest BCUT2D eigenvalue weighted by Crippen LogP contribution is -1.97. The summed E-state index contributed by atoms with van der Waals surface area (Å²) in [6.07, 6.45) is 0. The fraction of sp³-hybridized carbons (Fsp3) is 0.125. The largest absolute Gasteiger partial charge is 0.489 e. The smallest absolute Gasteiger partial charge is 0.124 e. The highest BCUT2D eigenvalue weighted by atomic mass is 35.5. The lowest BCUT2D eigenvalue weighted by atomic mass is 10.2. The van der Waals surface area contributed by atoms with Gasteiger partial charge in [-0.15, -0.1) is 22.9 Å². The number of benzene rings is 2. The van der Waals surface area contributed by atoms with Gasteiger partial charge in [-0.25, -0.2) is 4.39 Å². The lowest BCUT2D eigenvalue weighted by molar-refractivity contribution is 0.305. The average molecular weight is 307 g/mol. The Labute approximate surface area is 125 Å². The predicted molar refractivity (Wildman–Crippen MR) is 82.1 cm³/mol. The Morgan fingerprint density at radius 3 is 2.80 bits per heavy atom. The lowest BCUT2D eigenvalue weighted by Gasteiger charge is -2.09. The van der Waals surface area contributed by atoms with Crippen molar-refractivity contribution in [1.82, 2.24) is 0 Å². The molecule has 3 aromatic rings. The van der Waals surface area contributed by atoms with E-state index in [-0.39, 0.29) is 11.7 Å². The van der Waals surface area contributed by atoms with Crippen LogP contribution in [0.15, 0.2) is 47.8 Å². The molecule has 1 heterocycles. The first-order valence-corrected chi connectivity index (χ1v) is 7.61. The fourth-order valence-electron chi connectivity index (χ4n) is 2.09. The Morgan fingerprint density at radius 1 is 1.10 bits per heavy atom. The van der Waals surface area contributed by atoms with E-state index < -0.39 is 0 Å². The van der Waals surface area contributed by atoms with E-state index in [1.165, 1.54) is 22.2 Å². The molecule has 1 nitrogen and oxygen atoms in total. The Balaban J connectivity index is 1.83. The molecule has 0 aliphatic carbocycles. The fourth-order valence-corrected chi connectivity index (χ4v) is 3.25. The zero-order chi connectivity index (χ0) is 13.9. The minimum Gasteiger partial charge on any atom is -0.489 e. The van der Waals surface area contributed by atoms with Crippen LogP contribution in [0.2, 0.25) is 0 Å². The zero-order valence-corrected chi connectivity index (χ0v) is 12.2. The number of hydrogen-bond donors (Lipinski definition) is 0. The highest BCUT2D eigenvalue weighted by molar-refractivity contribution is 7.17. The summed E-state index contributed by atoms with van der Waals surface area (Å²) < 4.78 is 20.2. The van der Waals surface area contributed by atoms with Crippen LogP contribution in [-0.4, -0.2) is 0 Å². The molecule has 1 aromatic heterocycles. The predicted octanol–water partition coefficient (Wildman–Crippen LogP) is 5.36. The van der Waals surface area contributed by atoms with Crippen molar-refractivity contribution in [2.75, 3.05) is 0 Å². The molecule has 0 unspecified atom stereocenters. The molecule has 0 N–H and O–H groups in total. The van der Waals surface area contributed by atoms with Crippen LogP contribution in [0.4, 0.5) is 4.39 Å². The van der Waals surface area contributed by atoms with E-state index in [9.17, 15) is 4.39 Å². The van der Waals surface area contributed by atoms with Gasteiger partial charge >= 0.3 is 0 Å². The molecule has 0 radical (unpaired) electrons. The standard InChI is InChI=1S/C16H12ClFOS/c17-8-11-7-13(18)5-6-15(11)19-9-12-10-20-16-4-2-1-3-14(12)16/h1-7,10H,8-9H2. The van der Waals surface area contributed by atoms with Crippen molar-refractivity contribution in [2.45, 2.75) is 12.5 Å². The summed E-state index contributed by atoms with van der Waals surface area (Å²) in [6, 6.07) is 12.6. The molecule has 0 aliphatic heterocycles. The van der Waals surface area contributed by atoms with Crippen LogP contribution in [0, 0.1) is 5.82 Å². The molecule has 0 bridgehead atoms. The quantitative estimate of drug-likeness (QED) is 0.590. The third-order valence-electron chi connectivity index (χ3n) is 3.11. The number of rotatable bonds is 4. The van der Waals surface area contributed by atoms with Crippen LogP contribution in [0.1, 0.15) is 11.1 Å². The van der Waals surface area contributed by atoms with E-state index in [1.807, 2.05) is 12.1 Å². The highest BCUT2D eigenvalue weighted by Gasteiger charge is 2.07. The Kier molecular flexibility index (Phi) is 3.90. The van der Waals surface area contributed by atoms with Crippen molar-refractivity contribution in [2.24, 2.45) is 0 Å². The summed E-state index contributed by atoms with van der Waals surface area (Å²) in [5.74, 6) is 0.572. The second kappa shape index (κ2) is 5.81. The van der Waals surface area contributed by atoms with Crippen LogP contribution in [0.25, 0.3) is 10.1 Å². The molecule has 0 aliphatic rings. The first kappa shape index (κ1) is 13.4. The van der Waals surface area contributed by atoms with Gasteiger partial charge in [-0.3, -0.25) is 0 Å². The highest BCUT2D eigenvalue weighted by Crippen LogP contribution is 2.28. The van der Waals surface area contributed by atoms with E-state index >= 15 is 0 Å². The van der Waals surface area contributed by atoms with Gasteiger partial charge in [0.2, 0.25) is 0 Å². The van der Waals surface area contributed by atoms with E-state index in [4.69, 9.17) is 16.3 Å². The van der Waals surface area contributed by atoms with Gasteiger partial charge in [-0.1, -0.05) is 18.2 Å². The molecule has 3 rings (SSSR count). The van der Waals surface area contributed by atoms with Crippen molar-refractivity contribution in [3.05, 3.63) is 64.8 Å². The van der Waals surface area contributed by atoms with Gasteiger partial charge in [-0.05, 0) is 35.0 Å². The Morgan fingerprint density at radius 2 is 1.95 bits per heavy atom. The van der Waals surface area contributed by atoms with E-state index in [2.05, 4.69) is 17.5 Å². The average Bonchev–Trinajstić information content (AvgIpc) is 2.89. The Bertz CT molecular complexity index is 738. The van der Waals surface area contributed by atoms with Crippen molar-refractivity contribution in [3.8, 4) is 5.75 Å². The minimum absolute atomic E-state index is 0.234. The van der Waals surface area contributed by atoms with Gasteiger partial charge in [0.25, 0.3) is 0 Å². The summed E-state index contributed by atoms with van der Waals surface area (Å²) in [5, 5.41) is 3.29. The maximum Gasteiger partial charge on any atom is 0.124 e. The molecule has 0 spiro atoms. The van der Waals surface area contributed by atoms with Crippen molar-refractivity contribution in [1.29, 1.82) is 0 Å². The summed E-state index contributed by atoms with van der Waals surface area (Å²) >= 11 is 7.51. The van der Waals surface area contributed by atoms with Gasteiger partial charge in [-0.2, -0.15) is 0 Å². The van der Waals surface area contributed by atoms with Crippen LogP contribution in [0.5, 0.6) is 5.75 Å². The van der Waals surface area contributed by atoms with Crippen molar-refractivity contribution in [3.63, 3.8) is 0 Å². The van der Waals surface area contributed by atoms with Crippen LogP contribution >= 0.6 is 22.9 Å². The molecule has 0 saturated carbocycles. The van der Waals surface area contributed by atoms with Crippen LogP contribution in [-0.2, 0) is 12.5 Å². The third-order valence-corrected chi connectivity index (χ3v) is 4.41. The second-order valence-corrected chi connectivity index (χ2v) is 5.61. The maximum atomic E-state index is 13.1. The van der Waals surface area contributed by atoms with Gasteiger partial charge in [0, 0.05) is 15.8 Å². The molecule has 4 heteroatoms. The van der Waals surface area contributed by atoms with Crippen molar-refractivity contribution < 1.29 is 9.13 Å². The molecule has 0 fully saturated rings. The van der Waals surface area contributed by atoms with E-state index in [1.54, 1.807) is 17.4 Å². The molecule has 2 aromatic carbocycles. The molecule has 0 saturated heterocycles. The molecular formula is C16H12ClFOS. The number of ether oxygens (including phenoxy) is 1. The number of fused-ring (bicyclic) bond motifs is 1. The number of halogens is 2. The summed E-state index contributed by atoms with van der Waals surface area (Å²) in [5.41, 5.74) is 1.81. The Hall–Kier alpha value is -1.58. The summed E-state index contributed by atoms with van der Waals surface area (Å²) in [7, 11) is 0. The summed E-state index contributed by atoms with van der Waals surface area (Å²) in [6.45, 7) is 0.458. The van der Waals surface area contributed by atoms with E-state index in [0.717, 1.165) is 5.56 Å². The number of alkyl halides is 1. The maximum absolute atomic E-state index is 13.1. The SMILES string of the molecule is Fc1ccc(OCc2csc3ccccc23)c(CCl)c1. The monoisotopic (exact) mass is 306 g/mol. The van der Waals surface area contributed by atoms with Gasteiger partial charge in [0.1, 0.15) is 18.2 Å². The molecule has 20 heavy (non-hydrogen) atoms. The molecular weight excluding hydrogens is 295 g/mol. The topological polar surface area (TPSA) is 9.23 Å². The van der Waals surface area contributed by atoms with Gasteiger partial charge < -0.3 is 4.74 Å². The van der Waals surface area contributed by atoms with Gasteiger partial charge in [0.15, 0.2) is 0 Å². The number of thiophene rings is 1. The third kappa shape index (κ3) is 2.65. The minimum atomic E-state index is -0.297. The zero-order valence-electron chi connectivity index (χ0n) is 10.6. The first-order chi connectivity index (χ1) is 9.78. The second-order valence-electron chi connectivity index (χ2n) is 4.43. The number of hydrogen-bond acceptors (Lipinski definition) is 2. The molecule has 102 valence electrons. The summed E-state index contributed by atoms with van der Waals surface area (Å²) in [4.78, 5) is 0.